The van der Waals surface area contributed by atoms with E-state index in [2.05, 4.69) is 0 Å². The Labute approximate surface area is 475 Å². The molecular weight excluding hydrogens is 1080 g/mol. The highest BCUT2D eigenvalue weighted by atomic mass is 17.2. The number of epoxide rings is 2. The summed E-state index contributed by atoms with van der Waals surface area (Å²) in [5.74, 6) is -1.38. The number of ether oxygens (including phenoxy) is 3. The van der Waals surface area contributed by atoms with Crippen molar-refractivity contribution in [2.75, 3.05) is 0 Å². The first-order valence-corrected chi connectivity index (χ1v) is 30.8. The van der Waals surface area contributed by atoms with Gasteiger partial charge in [0.05, 0.1) is 16.8 Å². The van der Waals surface area contributed by atoms with Gasteiger partial charge in [0.25, 0.3) is 0 Å². The van der Waals surface area contributed by atoms with Gasteiger partial charge in [-0.3, -0.25) is 14.4 Å². The molecule has 20 aromatic rings. The van der Waals surface area contributed by atoms with Crippen molar-refractivity contribution in [3.8, 4) is 0 Å². The third kappa shape index (κ3) is 2.27. The van der Waals surface area contributed by atoms with Crippen molar-refractivity contribution in [2.45, 2.75) is 131 Å². The summed E-state index contributed by atoms with van der Waals surface area (Å²) in [6, 6.07) is 0. The van der Waals surface area contributed by atoms with Gasteiger partial charge in [0.15, 0.2) is 28.0 Å². The van der Waals surface area contributed by atoms with Crippen LogP contribution in [-0.2, 0) is 97.1 Å². The van der Waals surface area contributed by atoms with Crippen LogP contribution in [0.1, 0.15) is 125 Å². The molecule has 86 heavy (non-hydrogen) atoms. The maximum Gasteiger partial charge on any atom is 0.303 e. The average molecular weight is 1110 g/mol. The number of Topliss-reactive ketones (excluding diaryl/α,β-unsaturated/α-hetero) is 2. The number of fused-ring (bicyclic) bond motifs is 3. The average Bonchev–Trinajstić information content (AvgIpc) is 1.35. The second-order valence-corrected chi connectivity index (χ2v) is 32.5. The van der Waals surface area contributed by atoms with E-state index in [-0.39, 0.29) is 5.57 Å². The van der Waals surface area contributed by atoms with Crippen LogP contribution in [0.15, 0.2) is 11.1 Å². The van der Waals surface area contributed by atoms with Crippen LogP contribution in [0, 0.1) is 0 Å². The number of benzene rings is 14. The van der Waals surface area contributed by atoms with Crippen LogP contribution in [0.3, 0.4) is 0 Å². The van der Waals surface area contributed by atoms with Gasteiger partial charge in [-0.05, 0) is 267 Å². The first kappa shape index (κ1) is 38.9. The molecule has 2 saturated heterocycles. The molecule has 0 N–H and O–H groups in total. The third-order valence-corrected chi connectivity index (χ3v) is 26.8. The van der Waals surface area contributed by atoms with E-state index >= 15 is 14.4 Å². The van der Waals surface area contributed by atoms with Crippen molar-refractivity contribution in [3.63, 3.8) is 0 Å². The van der Waals surface area contributed by atoms with Crippen LogP contribution in [-0.4, -0.2) is 39.9 Å². The van der Waals surface area contributed by atoms with Gasteiger partial charge in [0.1, 0.15) is 0 Å². The number of hydrogen-bond acceptors (Lipinski definition) is 12. The molecule has 3 fully saturated rings. The predicted octanol–water partition coefficient (Wildman–Crippen LogP) is 14.6. The number of hydrogen-bond donors (Lipinski definition) is 0. The van der Waals surface area contributed by atoms with Gasteiger partial charge in [-0.1, -0.05) is 0 Å². The van der Waals surface area contributed by atoms with Gasteiger partial charge >= 0.3 is 5.97 Å². The summed E-state index contributed by atoms with van der Waals surface area (Å²) in [6.45, 7) is 19.1. The second kappa shape index (κ2) is 8.70. The minimum absolute atomic E-state index is 0.200. The van der Waals surface area contributed by atoms with E-state index in [0.29, 0.717) is 27.8 Å². The summed E-state index contributed by atoms with van der Waals surface area (Å²) in [5, 5.41) is 44.3. The van der Waals surface area contributed by atoms with Crippen LogP contribution in [0.2, 0.25) is 0 Å². The van der Waals surface area contributed by atoms with Crippen molar-refractivity contribution in [1.82, 2.24) is 0 Å². The van der Waals surface area contributed by atoms with Gasteiger partial charge in [0, 0.05) is 73.7 Å². The number of ketones is 2. The van der Waals surface area contributed by atoms with Crippen molar-refractivity contribution in [2.24, 2.45) is 0 Å². The molecule has 8 atom stereocenters. The Morgan fingerprint density at radius 1 is 0.326 bits per heavy atom. The summed E-state index contributed by atoms with van der Waals surface area (Å²) in [5.41, 5.74) is -9.99. The molecule has 2 aliphatic heterocycles. The molecule has 32 rings (SSSR count). The van der Waals surface area contributed by atoms with Crippen LogP contribution in [0.5, 0.6) is 0 Å². The largest absolute Gasteiger partial charge is 0.447 e. The van der Waals surface area contributed by atoms with Crippen LogP contribution in [0.4, 0.5) is 0 Å². The Morgan fingerprint density at radius 2 is 0.616 bits per heavy atom. The fourth-order valence-electron chi connectivity index (χ4n) is 26.5. The molecule has 398 valence electrons. The van der Waals surface area contributed by atoms with Crippen LogP contribution in [0.25, 0.3) is 205 Å². The van der Waals surface area contributed by atoms with E-state index in [1.165, 1.54) is 131 Å². The van der Waals surface area contributed by atoms with Crippen molar-refractivity contribution >= 4 is 222 Å². The van der Waals surface area contributed by atoms with E-state index in [9.17, 15) is 0 Å². The lowest BCUT2D eigenvalue weighted by Crippen LogP contribution is -2.68. The number of carbonyl (C=O) groups excluding carboxylic acids is 3. The molecular formula is C74H30O12. The molecule has 0 unspecified atom stereocenters. The molecule has 12 nitrogen and oxygen atoms in total. The molecule has 3 spiro atoms. The Kier molecular flexibility index (Phi) is 3.94. The molecule has 0 amide bonds. The van der Waals surface area contributed by atoms with Crippen molar-refractivity contribution in [3.05, 3.63) is 66.8 Å². The fraction of sp³-hybridized carbons (Fsp3) is 0.284. The van der Waals surface area contributed by atoms with Gasteiger partial charge in [-0.25, -0.2) is 29.3 Å². The lowest BCUT2D eigenvalue weighted by atomic mass is 9.46. The highest BCUT2D eigenvalue weighted by Crippen LogP contribution is 3.01. The smallest absolute Gasteiger partial charge is 0.303 e. The summed E-state index contributed by atoms with van der Waals surface area (Å²) in [4.78, 5) is 98.0. The number of esters is 1. The van der Waals surface area contributed by atoms with Gasteiger partial charge in [-0.15, -0.1) is 0 Å². The lowest BCUT2D eigenvalue weighted by Gasteiger charge is -2.52. The SMILES string of the molecule is CC(=O)O[C@@]12c3c4c5c6c7c8c9c%10c%11c%12c%13c%14c%15c%16c%17c%18c%19c(c%20c3c3c%21c4c7c4c7c8c%11c8c%11c%12c%15c%12c%15c%16c%19c%16c%20c3c3c(c%214)c(c78)c(c%12%11)c3c%16%15)[C@@]13O[C@]%183C(=C(C(=O)[C@@]%10%13OOC(C)(C)C)[C@]%17%14OOC(C)(C)C)[C@]1(O[C@]512)C(=O)[C@@]69OOC(C)(C)C. The van der Waals surface area contributed by atoms with Gasteiger partial charge < -0.3 is 14.2 Å². The molecule has 12 heteroatoms. The fourth-order valence-corrected chi connectivity index (χ4v) is 26.5. The number of rotatable bonds is 7. The summed E-state index contributed by atoms with van der Waals surface area (Å²) in [6.07, 6.45) is 0. The van der Waals surface area contributed by atoms with E-state index < -0.39 is 79.1 Å². The summed E-state index contributed by atoms with van der Waals surface area (Å²) in [7, 11) is 0. The molecule has 20 aromatic carbocycles. The zero-order valence-electron chi connectivity index (χ0n) is 46.9. The molecule has 0 aromatic heterocycles. The maximum atomic E-state index is 19.1. The first-order valence-electron chi connectivity index (χ1n) is 30.8. The Balaban J connectivity index is 1.06. The molecule has 0 radical (unpaired) electrons. The number of carbonyl (C=O) groups is 3. The van der Waals surface area contributed by atoms with E-state index in [0.717, 1.165) is 114 Å². The highest BCUT2D eigenvalue weighted by Gasteiger charge is 3.11. The van der Waals surface area contributed by atoms with E-state index in [4.69, 9.17) is 43.5 Å². The molecule has 10 aliphatic carbocycles. The molecule has 12 aliphatic rings. The lowest BCUT2D eigenvalue weighted by molar-refractivity contribution is -0.401. The van der Waals surface area contributed by atoms with Crippen LogP contribution >= 0.6 is 0 Å². The third-order valence-electron chi connectivity index (χ3n) is 26.8. The zero-order valence-corrected chi connectivity index (χ0v) is 46.9. The van der Waals surface area contributed by atoms with Gasteiger partial charge in [-0.2, -0.15) is 0 Å². The van der Waals surface area contributed by atoms with E-state index in [1.54, 1.807) is 0 Å². The topological polar surface area (TPSA) is 141 Å². The monoisotopic (exact) mass is 1110 g/mol. The highest BCUT2D eigenvalue weighted by molar-refractivity contribution is 6.76. The standard InChI is InChI=1S/C74H30O12/c1-11(75)78-74-51-41-31-27-16-14-12-13-15(16)20-26-24-18(13)22-21-17(12)23-25-19(14)28-30(27)40(41)50-48-38(28)36(25)46-42-32(23)33(21)43-44-34(22)35(24)45-47-37(26)39(29(20)31)49(51)59-57(47)69(86-83-66(8,9)10)55(45)54(44)68(85-82-65(5,6)7)53(43)52(42)67(84-81-64(2,3)4)56(46)58(48)70(72(50,74)79-70)61(60(67)62(68)76)71(63(69)77)73(59,74)80-71/h1-10H3/t67-,68+,69+,70+,71+,72+,73-,74+/m1/s1. The minimum Gasteiger partial charge on any atom is -0.447 e. The Bertz CT molecular complexity index is 7380. The van der Waals surface area contributed by atoms with E-state index in [1.807, 2.05) is 62.3 Å². The van der Waals surface area contributed by atoms with Crippen LogP contribution < -0.4 is 0 Å². The van der Waals surface area contributed by atoms with Gasteiger partial charge in [0.2, 0.25) is 28.4 Å². The van der Waals surface area contributed by atoms with Crippen molar-refractivity contribution in [1.29, 1.82) is 0 Å². The minimum atomic E-state index is -2.15. The first-order chi connectivity index (χ1) is 41.2. The Hall–Kier alpha value is -8.01. The molecule has 2 heterocycles. The molecule has 1 saturated carbocycles. The predicted molar refractivity (Wildman–Crippen MR) is 318 cm³/mol. The maximum absolute atomic E-state index is 19.1. The summed E-state index contributed by atoms with van der Waals surface area (Å²) >= 11 is 0. The normalized spacial score (nSPS) is 33.4. The quantitative estimate of drug-likeness (QED) is 0.0493. The summed E-state index contributed by atoms with van der Waals surface area (Å²) < 4.78 is 24.5. The Morgan fingerprint density at radius 3 is 1.03 bits per heavy atom. The zero-order chi connectivity index (χ0) is 55.5. The second-order valence-electron chi connectivity index (χ2n) is 32.5. The van der Waals surface area contributed by atoms with Crippen molar-refractivity contribution < 1.29 is 57.9 Å². The molecule has 0 bridgehead atoms.